The van der Waals surface area contributed by atoms with E-state index >= 15 is 0 Å². The summed E-state index contributed by atoms with van der Waals surface area (Å²) >= 11 is 0. The number of tetrazole rings is 1. The number of carbonyl (C=O) groups excluding carboxylic acids is 2. The van der Waals surface area contributed by atoms with Crippen LogP contribution in [-0.4, -0.2) is 58.8 Å². The summed E-state index contributed by atoms with van der Waals surface area (Å²) < 4.78 is 24.4. The maximum absolute atomic E-state index is 13.9. The molecule has 1 heterocycles. The van der Waals surface area contributed by atoms with Gasteiger partial charge in [-0.25, -0.2) is 4.39 Å². The molecule has 2 amide bonds. The van der Waals surface area contributed by atoms with Crippen molar-refractivity contribution in [3.05, 3.63) is 48.3 Å². The fourth-order valence-corrected chi connectivity index (χ4v) is 4.06. The zero-order valence-electron chi connectivity index (χ0n) is 19.6. The lowest BCUT2D eigenvalue weighted by atomic mass is 10.2. The van der Waals surface area contributed by atoms with Crippen molar-refractivity contribution in [3.63, 3.8) is 0 Å². The van der Waals surface area contributed by atoms with Crippen molar-refractivity contribution in [2.24, 2.45) is 0 Å². The third-order valence-corrected chi connectivity index (χ3v) is 5.81. The first-order valence-corrected chi connectivity index (χ1v) is 11.3. The van der Waals surface area contributed by atoms with Crippen molar-refractivity contribution in [2.45, 2.75) is 38.3 Å². The Labute approximate surface area is 202 Å². The standard InChI is InChI=1S/C24H27FN6O4/c1-34-20-11-10-16(12-21(20)35-2)24-27-29-31(28-24)15-23(33)30(19-9-5-6-17(25)13-19)14-22(32)26-18-7-3-4-8-18/h5-6,9-13,18H,3-4,7-8,14-15H2,1-2H3,(H,26,32). The maximum Gasteiger partial charge on any atom is 0.251 e. The summed E-state index contributed by atoms with van der Waals surface area (Å²) in [4.78, 5) is 28.2. The quantitative estimate of drug-likeness (QED) is 0.499. The molecule has 1 N–H and O–H groups in total. The number of benzene rings is 2. The normalized spacial score (nSPS) is 13.5. The Morgan fingerprint density at radius 2 is 1.89 bits per heavy atom. The highest BCUT2D eigenvalue weighted by atomic mass is 19.1. The molecule has 0 radical (unpaired) electrons. The molecule has 35 heavy (non-hydrogen) atoms. The number of carbonyl (C=O) groups is 2. The van der Waals surface area contributed by atoms with Crippen LogP contribution in [0.1, 0.15) is 25.7 Å². The Morgan fingerprint density at radius 3 is 2.60 bits per heavy atom. The van der Waals surface area contributed by atoms with Crippen molar-refractivity contribution in [1.82, 2.24) is 25.5 Å². The number of halogens is 1. The van der Waals surface area contributed by atoms with Gasteiger partial charge in [-0.2, -0.15) is 4.80 Å². The molecule has 1 aliphatic rings. The zero-order chi connectivity index (χ0) is 24.8. The molecule has 2 aromatic carbocycles. The first-order chi connectivity index (χ1) is 17.0. The summed E-state index contributed by atoms with van der Waals surface area (Å²) in [6.07, 6.45) is 3.97. The van der Waals surface area contributed by atoms with Gasteiger partial charge < -0.3 is 19.7 Å². The number of aromatic nitrogens is 4. The van der Waals surface area contributed by atoms with E-state index in [9.17, 15) is 14.0 Å². The summed E-state index contributed by atoms with van der Waals surface area (Å²) in [6.45, 7) is -0.524. The van der Waals surface area contributed by atoms with Crippen LogP contribution in [0.4, 0.5) is 10.1 Å². The first kappa shape index (κ1) is 24.1. The van der Waals surface area contributed by atoms with E-state index in [1.54, 1.807) is 24.3 Å². The Bertz CT molecular complexity index is 1190. The van der Waals surface area contributed by atoms with E-state index in [0.29, 0.717) is 17.1 Å². The van der Waals surface area contributed by atoms with Gasteiger partial charge in [0.2, 0.25) is 11.7 Å². The van der Waals surface area contributed by atoms with Gasteiger partial charge in [-0.1, -0.05) is 18.9 Å². The molecule has 0 unspecified atom stereocenters. The fraction of sp³-hybridized carbons (Fsp3) is 0.375. The minimum atomic E-state index is -0.508. The van der Waals surface area contributed by atoms with Crippen LogP contribution in [0, 0.1) is 5.82 Å². The zero-order valence-corrected chi connectivity index (χ0v) is 19.6. The van der Waals surface area contributed by atoms with Gasteiger partial charge >= 0.3 is 0 Å². The largest absolute Gasteiger partial charge is 0.493 e. The number of hydrogen-bond donors (Lipinski definition) is 1. The van der Waals surface area contributed by atoms with Crippen molar-refractivity contribution in [1.29, 1.82) is 0 Å². The van der Waals surface area contributed by atoms with Crippen LogP contribution in [0.2, 0.25) is 0 Å². The van der Waals surface area contributed by atoms with Gasteiger partial charge in [-0.05, 0) is 54.5 Å². The number of amides is 2. The lowest BCUT2D eigenvalue weighted by Gasteiger charge is -2.23. The Hall–Kier alpha value is -4.02. The lowest BCUT2D eigenvalue weighted by Crippen LogP contribution is -2.45. The SMILES string of the molecule is COc1ccc(-c2nnn(CC(=O)N(CC(=O)NC3CCCC3)c3cccc(F)c3)n2)cc1OC. The van der Waals surface area contributed by atoms with Crippen molar-refractivity contribution < 1.29 is 23.5 Å². The smallest absolute Gasteiger partial charge is 0.251 e. The molecule has 1 fully saturated rings. The monoisotopic (exact) mass is 482 g/mol. The van der Waals surface area contributed by atoms with E-state index in [0.717, 1.165) is 30.5 Å². The topological polar surface area (TPSA) is 111 Å². The molecule has 4 rings (SSSR count). The maximum atomic E-state index is 13.9. The molecule has 1 aliphatic carbocycles. The Kier molecular flexibility index (Phi) is 7.54. The number of rotatable bonds is 9. The summed E-state index contributed by atoms with van der Waals surface area (Å²) in [5, 5.41) is 15.2. The molecule has 0 aliphatic heterocycles. The predicted molar refractivity (Wildman–Crippen MR) is 126 cm³/mol. The van der Waals surface area contributed by atoms with Crippen LogP contribution in [-0.2, 0) is 16.1 Å². The molecule has 1 saturated carbocycles. The highest BCUT2D eigenvalue weighted by molar-refractivity contribution is 5.98. The van der Waals surface area contributed by atoms with Crippen LogP contribution in [0.15, 0.2) is 42.5 Å². The summed E-state index contributed by atoms with van der Waals surface area (Å²) in [5.74, 6) is 0.0603. The Balaban J connectivity index is 1.50. The van der Waals surface area contributed by atoms with E-state index in [1.165, 1.54) is 37.3 Å². The molecule has 3 aromatic rings. The molecule has 184 valence electrons. The van der Waals surface area contributed by atoms with Gasteiger partial charge in [0.15, 0.2) is 11.5 Å². The van der Waals surface area contributed by atoms with Crippen molar-refractivity contribution in [3.8, 4) is 22.9 Å². The molecular formula is C24H27FN6O4. The number of nitrogens with zero attached hydrogens (tertiary/aromatic N) is 5. The van der Waals surface area contributed by atoms with Gasteiger partial charge in [0.1, 0.15) is 18.9 Å². The minimum absolute atomic E-state index is 0.105. The van der Waals surface area contributed by atoms with Crippen LogP contribution >= 0.6 is 0 Å². The predicted octanol–water partition coefficient (Wildman–Crippen LogP) is 2.59. The van der Waals surface area contributed by atoms with Crippen LogP contribution in [0.25, 0.3) is 11.4 Å². The number of hydrogen-bond acceptors (Lipinski definition) is 7. The molecule has 0 spiro atoms. The number of methoxy groups -OCH3 is 2. The van der Waals surface area contributed by atoms with E-state index in [2.05, 4.69) is 20.7 Å². The molecule has 11 heteroatoms. The second-order valence-electron chi connectivity index (χ2n) is 8.22. The van der Waals surface area contributed by atoms with Crippen LogP contribution < -0.4 is 19.7 Å². The van der Waals surface area contributed by atoms with Crippen LogP contribution in [0.3, 0.4) is 0 Å². The molecule has 1 aromatic heterocycles. The first-order valence-electron chi connectivity index (χ1n) is 11.3. The van der Waals surface area contributed by atoms with Gasteiger partial charge in [0.25, 0.3) is 5.91 Å². The second-order valence-corrected chi connectivity index (χ2v) is 8.22. The summed E-state index contributed by atoms with van der Waals surface area (Å²) in [5.41, 5.74) is 0.899. The molecular weight excluding hydrogens is 455 g/mol. The molecule has 0 bridgehead atoms. The van der Waals surface area contributed by atoms with Gasteiger partial charge in [0.05, 0.1) is 14.2 Å². The highest BCUT2D eigenvalue weighted by Crippen LogP contribution is 2.30. The van der Waals surface area contributed by atoms with Crippen molar-refractivity contribution >= 4 is 17.5 Å². The molecule has 10 nitrogen and oxygen atoms in total. The van der Waals surface area contributed by atoms with E-state index in [-0.39, 0.29) is 36.6 Å². The molecule has 0 atom stereocenters. The highest BCUT2D eigenvalue weighted by Gasteiger charge is 2.24. The number of anilines is 1. The lowest BCUT2D eigenvalue weighted by molar-refractivity contribution is -0.124. The van der Waals surface area contributed by atoms with E-state index in [1.807, 2.05) is 0 Å². The minimum Gasteiger partial charge on any atom is -0.493 e. The van der Waals surface area contributed by atoms with E-state index < -0.39 is 11.7 Å². The van der Waals surface area contributed by atoms with Gasteiger partial charge in [0, 0.05) is 17.3 Å². The average Bonchev–Trinajstić information content (AvgIpc) is 3.54. The Morgan fingerprint density at radius 1 is 1.11 bits per heavy atom. The van der Waals surface area contributed by atoms with Gasteiger partial charge in [-0.15, -0.1) is 10.2 Å². The number of nitrogens with one attached hydrogen (secondary N) is 1. The third kappa shape index (κ3) is 5.92. The summed E-state index contributed by atoms with van der Waals surface area (Å²) in [7, 11) is 3.06. The number of ether oxygens (including phenoxy) is 2. The van der Waals surface area contributed by atoms with E-state index in [4.69, 9.17) is 9.47 Å². The molecule has 0 saturated heterocycles. The van der Waals surface area contributed by atoms with Crippen LogP contribution in [0.5, 0.6) is 11.5 Å². The van der Waals surface area contributed by atoms with Crippen molar-refractivity contribution in [2.75, 3.05) is 25.7 Å². The fourth-order valence-electron chi connectivity index (χ4n) is 4.06. The van der Waals surface area contributed by atoms with Gasteiger partial charge in [-0.3, -0.25) is 9.59 Å². The second kappa shape index (κ2) is 10.9. The average molecular weight is 483 g/mol. The third-order valence-electron chi connectivity index (χ3n) is 5.81. The summed E-state index contributed by atoms with van der Waals surface area (Å²) in [6, 6.07) is 10.8.